The van der Waals surface area contributed by atoms with Crippen molar-refractivity contribution in [2.75, 3.05) is 13.1 Å². The standard InChI is InChI=1S/C17H32N2/c1-2-4-6-8-10-12-14-16-18-19-17-15-13-11-9-7-5-3-1/h18-19H,1-8,10,12-17H2. The average molecular weight is 264 g/mol. The van der Waals surface area contributed by atoms with Gasteiger partial charge in [0.1, 0.15) is 0 Å². The molecule has 0 spiro atoms. The van der Waals surface area contributed by atoms with Crippen LogP contribution in [0, 0.1) is 11.8 Å². The van der Waals surface area contributed by atoms with Crippen LogP contribution in [0.2, 0.25) is 0 Å². The molecule has 0 aromatic carbocycles. The Balaban J connectivity index is 2.08. The van der Waals surface area contributed by atoms with Crippen LogP contribution in [0.5, 0.6) is 0 Å². The van der Waals surface area contributed by atoms with Crippen molar-refractivity contribution in [3.05, 3.63) is 0 Å². The van der Waals surface area contributed by atoms with Gasteiger partial charge in [0.05, 0.1) is 0 Å². The van der Waals surface area contributed by atoms with Gasteiger partial charge in [0.15, 0.2) is 0 Å². The van der Waals surface area contributed by atoms with E-state index in [1.54, 1.807) is 0 Å². The fraction of sp³-hybridized carbons (Fsp3) is 0.882. The van der Waals surface area contributed by atoms with Gasteiger partial charge < -0.3 is 0 Å². The quantitative estimate of drug-likeness (QED) is 0.642. The first-order chi connectivity index (χ1) is 9.50. The lowest BCUT2D eigenvalue weighted by molar-refractivity contribution is 0.492. The van der Waals surface area contributed by atoms with Gasteiger partial charge in [-0.2, -0.15) is 0 Å². The van der Waals surface area contributed by atoms with Crippen LogP contribution in [0.25, 0.3) is 0 Å². The van der Waals surface area contributed by atoms with Crippen LogP contribution in [0.3, 0.4) is 0 Å². The summed E-state index contributed by atoms with van der Waals surface area (Å²) in [5.74, 6) is 6.58. The van der Waals surface area contributed by atoms with Gasteiger partial charge in [0.2, 0.25) is 0 Å². The highest BCUT2D eigenvalue weighted by molar-refractivity contribution is 4.98. The molecule has 0 saturated carbocycles. The largest absolute Gasteiger partial charge is 0.258 e. The minimum absolute atomic E-state index is 1.04. The minimum Gasteiger partial charge on any atom is -0.258 e. The van der Waals surface area contributed by atoms with E-state index in [1.165, 1.54) is 64.2 Å². The van der Waals surface area contributed by atoms with Gasteiger partial charge in [0, 0.05) is 25.9 Å². The molecule has 1 aliphatic rings. The second kappa shape index (κ2) is 13.9. The molecule has 0 radical (unpaired) electrons. The van der Waals surface area contributed by atoms with Crippen molar-refractivity contribution in [1.82, 2.24) is 10.9 Å². The molecule has 110 valence electrons. The molecule has 0 aromatic heterocycles. The summed E-state index contributed by atoms with van der Waals surface area (Å²) in [4.78, 5) is 0. The highest BCUT2D eigenvalue weighted by Crippen LogP contribution is 2.11. The molecule has 0 aliphatic carbocycles. The maximum atomic E-state index is 3.30. The van der Waals surface area contributed by atoms with E-state index in [1.807, 2.05) is 0 Å². The number of hydrogen-bond acceptors (Lipinski definition) is 2. The van der Waals surface area contributed by atoms with Crippen molar-refractivity contribution in [1.29, 1.82) is 0 Å². The first-order valence-corrected chi connectivity index (χ1v) is 8.41. The summed E-state index contributed by atoms with van der Waals surface area (Å²) in [5.41, 5.74) is 6.58. The zero-order valence-electron chi connectivity index (χ0n) is 12.6. The van der Waals surface area contributed by atoms with E-state index >= 15 is 0 Å². The van der Waals surface area contributed by atoms with Crippen molar-refractivity contribution in [2.45, 2.75) is 83.5 Å². The molecular weight excluding hydrogens is 232 g/mol. The second-order valence-corrected chi connectivity index (χ2v) is 5.60. The van der Waals surface area contributed by atoms with E-state index in [2.05, 4.69) is 22.7 Å². The van der Waals surface area contributed by atoms with Gasteiger partial charge in [-0.15, -0.1) is 11.8 Å². The Morgan fingerprint density at radius 1 is 0.421 bits per heavy atom. The van der Waals surface area contributed by atoms with E-state index in [9.17, 15) is 0 Å². The molecule has 2 N–H and O–H groups in total. The number of nitrogens with one attached hydrogen (secondary N) is 2. The average Bonchev–Trinajstić information content (AvgIpc) is 2.43. The Morgan fingerprint density at radius 3 is 1.47 bits per heavy atom. The summed E-state index contributed by atoms with van der Waals surface area (Å²) in [7, 11) is 0. The fourth-order valence-corrected chi connectivity index (χ4v) is 2.46. The summed E-state index contributed by atoms with van der Waals surface area (Å²) in [6, 6.07) is 0. The van der Waals surface area contributed by atoms with Crippen molar-refractivity contribution in [3.8, 4) is 11.8 Å². The fourth-order valence-electron chi connectivity index (χ4n) is 2.46. The smallest absolute Gasteiger partial charge is 0.0109 e. The van der Waals surface area contributed by atoms with Crippen LogP contribution in [-0.4, -0.2) is 13.1 Å². The maximum absolute atomic E-state index is 3.30. The third-order valence-electron chi connectivity index (χ3n) is 3.71. The molecule has 1 rings (SSSR count). The Kier molecular flexibility index (Phi) is 12.1. The lowest BCUT2D eigenvalue weighted by Gasteiger charge is -2.06. The normalized spacial score (nSPS) is 22.3. The van der Waals surface area contributed by atoms with Crippen LogP contribution in [0.15, 0.2) is 0 Å². The van der Waals surface area contributed by atoms with Crippen molar-refractivity contribution in [2.24, 2.45) is 0 Å². The summed E-state index contributed by atoms with van der Waals surface area (Å²) >= 11 is 0. The van der Waals surface area contributed by atoms with Gasteiger partial charge >= 0.3 is 0 Å². The Hall–Kier alpha value is -0.520. The molecule has 19 heavy (non-hydrogen) atoms. The van der Waals surface area contributed by atoms with Crippen LogP contribution >= 0.6 is 0 Å². The van der Waals surface area contributed by atoms with E-state index < -0.39 is 0 Å². The molecule has 0 atom stereocenters. The predicted octanol–water partition coefficient (Wildman–Crippen LogP) is 4.17. The van der Waals surface area contributed by atoms with Crippen LogP contribution in [0.4, 0.5) is 0 Å². The van der Waals surface area contributed by atoms with Gasteiger partial charge in [-0.05, 0) is 19.3 Å². The summed E-state index contributed by atoms with van der Waals surface area (Å²) < 4.78 is 0. The molecule has 0 saturated heterocycles. The molecule has 0 fully saturated rings. The molecule has 0 amide bonds. The van der Waals surface area contributed by atoms with Gasteiger partial charge in [-0.1, -0.05) is 51.4 Å². The monoisotopic (exact) mass is 264 g/mol. The minimum atomic E-state index is 1.04. The Morgan fingerprint density at radius 2 is 0.842 bits per heavy atom. The maximum Gasteiger partial charge on any atom is 0.0109 e. The van der Waals surface area contributed by atoms with Gasteiger partial charge in [-0.25, -0.2) is 0 Å². The van der Waals surface area contributed by atoms with Gasteiger partial charge in [0.25, 0.3) is 0 Å². The second-order valence-electron chi connectivity index (χ2n) is 5.60. The zero-order chi connectivity index (χ0) is 13.4. The highest BCUT2D eigenvalue weighted by Gasteiger charge is 1.94. The lowest BCUT2D eigenvalue weighted by Crippen LogP contribution is -2.33. The summed E-state index contributed by atoms with van der Waals surface area (Å²) in [6.45, 7) is 2.14. The molecule has 0 unspecified atom stereocenters. The van der Waals surface area contributed by atoms with Gasteiger partial charge in [-0.3, -0.25) is 10.9 Å². The summed E-state index contributed by atoms with van der Waals surface area (Å²) in [5, 5.41) is 0. The molecular formula is C17H32N2. The van der Waals surface area contributed by atoms with E-state index in [0.717, 1.165) is 32.4 Å². The Labute approximate surface area is 120 Å². The molecule has 2 heteroatoms. The predicted molar refractivity (Wildman–Crippen MR) is 83.8 cm³/mol. The Bertz CT molecular complexity index is 217. The van der Waals surface area contributed by atoms with Crippen molar-refractivity contribution >= 4 is 0 Å². The first kappa shape index (κ1) is 16.5. The molecule has 2 nitrogen and oxygen atoms in total. The number of hydrazine groups is 1. The SMILES string of the molecule is C1#CCCCNNCCCCCCCCCCCC1. The summed E-state index contributed by atoms with van der Waals surface area (Å²) in [6.07, 6.45) is 17.2. The molecule has 0 aromatic rings. The van der Waals surface area contributed by atoms with Crippen LogP contribution < -0.4 is 10.9 Å². The lowest BCUT2D eigenvalue weighted by atomic mass is 10.1. The number of rotatable bonds is 0. The molecule has 1 aliphatic heterocycles. The van der Waals surface area contributed by atoms with E-state index in [0.29, 0.717) is 0 Å². The third kappa shape index (κ3) is 12.3. The van der Waals surface area contributed by atoms with Crippen LogP contribution in [-0.2, 0) is 0 Å². The van der Waals surface area contributed by atoms with Crippen molar-refractivity contribution in [3.63, 3.8) is 0 Å². The van der Waals surface area contributed by atoms with E-state index in [4.69, 9.17) is 0 Å². The first-order valence-electron chi connectivity index (χ1n) is 8.41. The zero-order valence-corrected chi connectivity index (χ0v) is 12.6. The molecule has 1 heterocycles. The van der Waals surface area contributed by atoms with Crippen LogP contribution in [0.1, 0.15) is 83.5 Å². The highest BCUT2D eigenvalue weighted by atomic mass is 15.3. The van der Waals surface area contributed by atoms with Crippen molar-refractivity contribution < 1.29 is 0 Å². The van der Waals surface area contributed by atoms with E-state index in [-0.39, 0.29) is 0 Å². The third-order valence-corrected chi connectivity index (χ3v) is 3.71. The molecule has 0 bridgehead atoms. The number of hydrogen-bond donors (Lipinski definition) is 2. The topological polar surface area (TPSA) is 24.1 Å².